The van der Waals surface area contributed by atoms with Crippen LogP contribution >= 0.6 is 0 Å². The lowest BCUT2D eigenvalue weighted by Crippen LogP contribution is -2.27. The third kappa shape index (κ3) is 1.94. The van der Waals surface area contributed by atoms with Gasteiger partial charge in [-0.05, 0) is 42.9 Å². The minimum atomic E-state index is -0.176. The van der Waals surface area contributed by atoms with E-state index in [1.54, 1.807) is 18.5 Å². The van der Waals surface area contributed by atoms with Crippen molar-refractivity contribution in [2.75, 3.05) is 13.6 Å². The fraction of sp³-hybridized carbons (Fsp3) is 0.235. The van der Waals surface area contributed by atoms with E-state index in [1.165, 1.54) is 17.3 Å². The van der Waals surface area contributed by atoms with Gasteiger partial charge in [0.1, 0.15) is 5.82 Å². The summed E-state index contributed by atoms with van der Waals surface area (Å²) in [7, 11) is 2.11. The molecule has 1 aliphatic rings. The first kappa shape index (κ1) is 12.5. The van der Waals surface area contributed by atoms with Gasteiger partial charge in [0.15, 0.2) is 0 Å². The van der Waals surface area contributed by atoms with E-state index in [2.05, 4.69) is 21.5 Å². The van der Waals surface area contributed by atoms with Crippen molar-refractivity contribution < 1.29 is 4.39 Å². The zero-order chi connectivity index (χ0) is 14.4. The predicted molar refractivity (Wildman–Crippen MR) is 81.1 cm³/mol. The first-order valence-corrected chi connectivity index (χ1v) is 7.15. The number of benzene rings is 1. The number of rotatable bonds is 1. The van der Waals surface area contributed by atoms with Gasteiger partial charge in [-0.1, -0.05) is 0 Å². The zero-order valence-corrected chi connectivity index (χ0v) is 11.9. The van der Waals surface area contributed by atoms with Gasteiger partial charge in [-0.25, -0.2) is 4.39 Å². The van der Waals surface area contributed by atoms with E-state index >= 15 is 0 Å². The Hall–Kier alpha value is -2.20. The molecule has 106 valence electrons. The molecule has 2 aromatic heterocycles. The molecule has 0 unspecified atom stereocenters. The molecule has 1 aromatic carbocycles. The highest BCUT2D eigenvalue weighted by atomic mass is 19.1. The summed E-state index contributed by atoms with van der Waals surface area (Å²) in [5.41, 5.74) is 4.70. The van der Waals surface area contributed by atoms with E-state index in [4.69, 9.17) is 0 Å². The molecule has 3 nitrogen and oxygen atoms in total. The van der Waals surface area contributed by atoms with E-state index in [-0.39, 0.29) is 5.82 Å². The highest BCUT2D eigenvalue weighted by Gasteiger charge is 2.23. The van der Waals surface area contributed by atoms with Gasteiger partial charge in [-0.15, -0.1) is 0 Å². The predicted octanol–water partition coefficient (Wildman–Crippen LogP) is 3.15. The standard InChI is InChI=1S/C17H16FN3/c1-20-9-6-17-15(11-20)14-10-12(18)2-3-16(14)21(17)13-4-7-19-8-5-13/h2-5,7-8,10H,6,9,11H2,1H3. The van der Waals surface area contributed by atoms with Crippen LogP contribution in [0, 0.1) is 5.82 Å². The molecule has 0 bridgehead atoms. The van der Waals surface area contributed by atoms with Gasteiger partial charge in [-0.2, -0.15) is 0 Å². The fourth-order valence-corrected chi connectivity index (χ4v) is 3.25. The van der Waals surface area contributed by atoms with Gasteiger partial charge in [-0.3, -0.25) is 4.98 Å². The fourth-order valence-electron chi connectivity index (χ4n) is 3.25. The lowest BCUT2D eigenvalue weighted by Gasteiger charge is -2.24. The van der Waals surface area contributed by atoms with Gasteiger partial charge in [0, 0.05) is 48.7 Å². The van der Waals surface area contributed by atoms with Crippen LogP contribution in [-0.2, 0) is 13.0 Å². The van der Waals surface area contributed by atoms with Crippen LogP contribution in [-0.4, -0.2) is 28.0 Å². The highest BCUT2D eigenvalue weighted by Crippen LogP contribution is 2.33. The van der Waals surface area contributed by atoms with Crippen molar-refractivity contribution in [2.45, 2.75) is 13.0 Å². The second-order valence-electron chi connectivity index (χ2n) is 5.62. The summed E-state index contributed by atoms with van der Waals surface area (Å²) in [6.45, 7) is 1.89. The number of nitrogens with zero attached hydrogens (tertiary/aromatic N) is 3. The molecule has 0 saturated carbocycles. The van der Waals surface area contributed by atoms with Crippen molar-refractivity contribution in [1.29, 1.82) is 0 Å². The summed E-state index contributed by atoms with van der Waals surface area (Å²) in [6.07, 6.45) is 4.57. The molecule has 0 spiro atoms. The van der Waals surface area contributed by atoms with Crippen LogP contribution < -0.4 is 0 Å². The van der Waals surface area contributed by atoms with Crippen LogP contribution in [0.1, 0.15) is 11.3 Å². The Morgan fingerprint density at radius 3 is 2.76 bits per heavy atom. The second-order valence-corrected chi connectivity index (χ2v) is 5.62. The Labute approximate surface area is 122 Å². The number of aromatic nitrogens is 2. The largest absolute Gasteiger partial charge is 0.313 e. The third-order valence-electron chi connectivity index (χ3n) is 4.22. The summed E-state index contributed by atoms with van der Waals surface area (Å²) in [6, 6.07) is 9.08. The normalized spacial score (nSPS) is 15.3. The first-order valence-electron chi connectivity index (χ1n) is 7.15. The van der Waals surface area contributed by atoms with E-state index in [1.807, 2.05) is 18.2 Å². The van der Waals surface area contributed by atoms with Crippen molar-refractivity contribution in [1.82, 2.24) is 14.5 Å². The lowest BCUT2D eigenvalue weighted by molar-refractivity contribution is 0.311. The number of fused-ring (bicyclic) bond motifs is 3. The van der Waals surface area contributed by atoms with Crippen LogP contribution in [0.2, 0.25) is 0 Å². The molecule has 1 aliphatic heterocycles. The molecule has 0 N–H and O–H groups in total. The third-order valence-corrected chi connectivity index (χ3v) is 4.22. The van der Waals surface area contributed by atoms with Gasteiger partial charge in [0.05, 0.1) is 5.52 Å². The van der Waals surface area contributed by atoms with Gasteiger partial charge in [0.2, 0.25) is 0 Å². The minimum Gasteiger partial charge on any atom is -0.313 e. The Morgan fingerprint density at radius 1 is 1.14 bits per heavy atom. The average Bonchev–Trinajstić information content (AvgIpc) is 2.81. The maximum Gasteiger partial charge on any atom is 0.123 e. The first-order chi connectivity index (χ1) is 10.2. The molecule has 0 aliphatic carbocycles. The number of halogens is 1. The zero-order valence-electron chi connectivity index (χ0n) is 11.9. The van der Waals surface area contributed by atoms with Crippen molar-refractivity contribution in [2.24, 2.45) is 0 Å². The van der Waals surface area contributed by atoms with E-state index in [0.29, 0.717) is 0 Å². The molecule has 0 atom stereocenters. The molecule has 21 heavy (non-hydrogen) atoms. The van der Waals surface area contributed by atoms with Crippen LogP contribution in [0.3, 0.4) is 0 Å². The van der Waals surface area contributed by atoms with Crippen molar-refractivity contribution in [3.63, 3.8) is 0 Å². The summed E-state index contributed by atoms with van der Waals surface area (Å²) in [5, 5.41) is 1.02. The van der Waals surface area contributed by atoms with E-state index < -0.39 is 0 Å². The maximum atomic E-state index is 13.7. The topological polar surface area (TPSA) is 21.1 Å². The van der Waals surface area contributed by atoms with Gasteiger partial charge < -0.3 is 9.47 Å². The minimum absolute atomic E-state index is 0.176. The molecule has 4 rings (SSSR count). The van der Waals surface area contributed by atoms with E-state index in [9.17, 15) is 4.39 Å². The highest BCUT2D eigenvalue weighted by molar-refractivity contribution is 5.87. The molecule has 0 radical (unpaired) electrons. The Morgan fingerprint density at radius 2 is 1.95 bits per heavy atom. The molecule has 0 fully saturated rings. The molecular weight excluding hydrogens is 265 g/mol. The monoisotopic (exact) mass is 281 g/mol. The van der Waals surface area contributed by atoms with Crippen LogP contribution in [0.25, 0.3) is 16.6 Å². The molecule has 4 heteroatoms. The second kappa shape index (κ2) is 4.67. The molecule has 3 heterocycles. The van der Waals surface area contributed by atoms with Crippen LogP contribution in [0.5, 0.6) is 0 Å². The van der Waals surface area contributed by atoms with Gasteiger partial charge in [0.25, 0.3) is 0 Å². The van der Waals surface area contributed by atoms with Crippen molar-refractivity contribution >= 4 is 10.9 Å². The Kier molecular flexibility index (Phi) is 2.79. The van der Waals surface area contributed by atoms with Crippen LogP contribution in [0.15, 0.2) is 42.7 Å². The van der Waals surface area contributed by atoms with Crippen molar-refractivity contribution in [3.05, 3.63) is 59.8 Å². The number of likely N-dealkylation sites (N-methyl/N-ethyl adjacent to an activating group) is 1. The molecule has 0 amide bonds. The van der Waals surface area contributed by atoms with Crippen LogP contribution in [0.4, 0.5) is 4.39 Å². The molecular formula is C17H16FN3. The Bertz CT molecular complexity index is 808. The SMILES string of the molecule is CN1CCc2c(c3cc(F)ccc3n2-c2ccncc2)C1. The quantitative estimate of drug-likeness (QED) is 0.683. The number of hydrogen-bond acceptors (Lipinski definition) is 2. The summed E-state index contributed by atoms with van der Waals surface area (Å²) in [5.74, 6) is -0.176. The maximum absolute atomic E-state index is 13.7. The average molecular weight is 281 g/mol. The number of hydrogen-bond donors (Lipinski definition) is 0. The summed E-state index contributed by atoms with van der Waals surface area (Å²) >= 11 is 0. The Balaban J connectivity index is 2.06. The molecule has 0 saturated heterocycles. The summed E-state index contributed by atoms with van der Waals surface area (Å²) < 4.78 is 15.9. The van der Waals surface area contributed by atoms with Crippen molar-refractivity contribution in [3.8, 4) is 5.69 Å². The van der Waals surface area contributed by atoms with Gasteiger partial charge >= 0.3 is 0 Å². The number of pyridine rings is 1. The lowest BCUT2D eigenvalue weighted by atomic mass is 10.0. The molecule has 3 aromatic rings. The summed E-state index contributed by atoms with van der Waals surface area (Å²) in [4.78, 5) is 6.37. The smallest absolute Gasteiger partial charge is 0.123 e. The van der Waals surface area contributed by atoms with E-state index in [0.717, 1.165) is 36.1 Å².